The first-order chi connectivity index (χ1) is 8.08. The Morgan fingerprint density at radius 2 is 2.00 bits per heavy atom. The maximum Gasteiger partial charge on any atom is 0.269 e. The summed E-state index contributed by atoms with van der Waals surface area (Å²) in [6, 6.07) is 8.27. The number of nitriles is 1. The third-order valence-corrected chi connectivity index (χ3v) is 2.05. The van der Waals surface area contributed by atoms with Crippen LogP contribution in [0.25, 0.3) is 0 Å². The van der Waals surface area contributed by atoms with E-state index >= 15 is 0 Å². The molecule has 1 aromatic rings. The quantitative estimate of drug-likeness (QED) is 0.474. The predicted octanol–water partition coefficient (Wildman–Crippen LogP) is 1.99. The molecule has 0 unspecified atom stereocenters. The monoisotopic (exact) mass is 232 g/mol. The molecular formula is C12H12N2O3. The molecule has 5 nitrogen and oxygen atoms in total. The van der Waals surface area contributed by atoms with Crippen LogP contribution in [-0.4, -0.2) is 18.1 Å². The first-order valence-electron chi connectivity index (χ1n) is 4.84. The van der Waals surface area contributed by atoms with E-state index in [1.165, 1.54) is 6.92 Å². The molecule has 0 aliphatic heterocycles. The van der Waals surface area contributed by atoms with Crippen molar-refractivity contribution < 1.29 is 14.6 Å². The van der Waals surface area contributed by atoms with Crippen molar-refractivity contribution in [1.82, 2.24) is 0 Å². The maximum absolute atomic E-state index is 11.6. The van der Waals surface area contributed by atoms with Crippen LogP contribution < -0.4 is 10.1 Å². The molecule has 0 atom stereocenters. The van der Waals surface area contributed by atoms with Crippen molar-refractivity contribution in [2.24, 2.45) is 0 Å². The Morgan fingerprint density at radius 3 is 2.41 bits per heavy atom. The SMILES string of the molecule is COc1ccc(NC(=O)/C(C#N)=C(/C)O)cc1. The highest BCUT2D eigenvalue weighted by atomic mass is 16.5. The number of allylic oxidation sites excluding steroid dienone is 1. The maximum atomic E-state index is 11.6. The van der Waals surface area contributed by atoms with Gasteiger partial charge in [0.05, 0.1) is 7.11 Å². The van der Waals surface area contributed by atoms with Gasteiger partial charge in [0.2, 0.25) is 0 Å². The molecule has 17 heavy (non-hydrogen) atoms. The number of hydrogen-bond donors (Lipinski definition) is 2. The summed E-state index contributed by atoms with van der Waals surface area (Å²) >= 11 is 0. The number of rotatable bonds is 3. The fourth-order valence-corrected chi connectivity index (χ4v) is 1.16. The minimum atomic E-state index is -0.641. The number of anilines is 1. The van der Waals surface area contributed by atoms with Crippen LogP contribution in [0.4, 0.5) is 5.69 Å². The van der Waals surface area contributed by atoms with E-state index in [0.29, 0.717) is 11.4 Å². The molecule has 0 fully saturated rings. The van der Waals surface area contributed by atoms with Gasteiger partial charge >= 0.3 is 0 Å². The number of carbonyl (C=O) groups excluding carboxylic acids is 1. The van der Waals surface area contributed by atoms with E-state index in [1.54, 1.807) is 37.4 Å². The molecule has 0 aromatic heterocycles. The number of aliphatic hydroxyl groups excluding tert-OH is 1. The number of benzene rings is 1. The van der Waals surface area contributed by atoms with Crippen molar-refractivity contribution in [2.75, 3.05) is 12.4 Å². The minimum absolute atomic E-state index is 0.305. The molecule has 0 heterocycles. The fraction of sp³-hybridized carbons (Fsp3) is 0.167. The number of aliphatic hydroxyl groups is 1. The van der Waals surface area contributed by atoms with E-state index in [9.17, 15) is 4.79 Å². The zero-order chi connectivity index (χ0) is 12.8. The molecule has 5 heteroatoms. The smallest absolute Gasteiger partial charge is 0.269 e. The zero-order valence-corrected chi connectivity index (χ0v) is 9.52. The van der Waals surface area contributed by atoms with E-state index in [2.05, 4.69) is 5.32 Å². The summed E-state index contributed by atoms with van der Waals surface area (Å²) in [5, 5.41) is 20.3. The van der Waals surface area contributed by atoms with E-state index in [4.69, 9.17) is 15.1 Å². The van der Waals surface area contributed by atoms with Gasteiger partial charge in [0.1, 0.15) is 17.6 Å². The van der Waals surface area contributed by atoms with Crippen LogP contribution in [0.2, 0.25) is 0 Å². The molecule has 0 aliphatic rings. The standard InChI is InChI=1S/C12H12N2O3/c1-8(15)11(7-13)12(16)14-9-3-5-10(17-2)6-4-9/h3-6,15H,1-2H3,(H,14,16)/b11-8-. The first kappa shape index (κ1) is 12.6. The molecule has 0 radical (unpaired) electrons. The second-order valence-electron chi connectivity index (χ2n) is 3.25. The van der Waals surface area contributed by atoms with Crippen LogP contribution in [0.5, 0.6) is 5.75 Å². The van der Waals surface area contributed by atoms with Gasteiger partial charge in [-0.25, -0.2) is 0 Å². The summed E-state index contributed by atoms with van der Waals surface area (Å²) < 4.78 is 4.97. The predicted molar refractivity (Wildman–Crippen MR) is 62.6 cm³/mol. The molecule has 0 aliphatic carbocycles. The molecule has 1 aromatic carbocycles. The Labute approximate surface area is 98.9 Å². The summed E-state index contributed by atoms with van der Waals surface area (Å²) in [5.74, 6) is -0.284. The summed E-state index contributed by atoms with van der Waals surface area (Å²) in [4.78, 5) is 11.6. The van der Waals surface area contributed by atoms with Gasteiger partial charge in [0.25, 0.3) is 5.91 Å². The van der Waals surface area contributed by atoms with Gasteiger partial charge in [-0.1, -0.05) is 0 Å². The van der Waals surface area contributed by atoms with Crippen LogP contribution in [-0.2, 0) is 4.79 Å². The van der Waals surface area contributed by atoms with Gasteiger partial charge in [-0.2, -0.15) is 5.26 Å². The minimum Gasteiger partial charge on any atom is -0.511 e. The van der Waals surface area contributed by atoms with Crippen LogP contribution in [0.3, 0.4) is 0 Å². The van der Waals surface area contributed by atoms with Crippen LogP contribution in [0.15, 0.2) is 35.6 Å². The van der Waals surface area contributed by atoms with Gasteiger partial charge in [-0.15, -0.1) is 0 Å². The number of nitrogens with one attached hydrogen (secondary N) is 1. The Bertz CT molecular complexity index is 479. The lowest BCUT2D eigenvalue weighted by molar-refractivity contribution is -0.112. The molecule has 0 saturated heterocycles. The summed E-state index contributed by atoms with van der Waals surface area (Å²) in [6.07, 6.45) is 0. The highest BCUT2D eigenvalue weighted by molar-refractivity contribution is 6.06. The highest BCUT2D eigenvalue weighted by Crippen LogP contribution is 2.15. The zero-order valence-electron chi connectivity index (χ0n) is 9.52. The van der Waals surface area contributed by atoms with E-state index in [-0.39, 0.29) is 11.3 Å². The van der Waals surface area contributed by atoms with Crippen molar-refractivity contribution >= 4 is 11.6 Å². The van der Waals surface area contributed by atoms with Crippen LogP contribution >= 0.6 is 0 Å². The van der Waals surface area contributed by atoms with Gasteiger partial charge in [-0.05, 0) is 31.2 Å². The topological polar surface area (TPSA) is 82.3 Å². The van der Waals surface area contributed by atoms with Crippen LogP contribution in [0, 0.1) is 11.3 Å². The van der Waals surface area contributed by atoms with Gasteiger partial charge in [0.15, 0.2) is 5.57 Å². The Hall–Kier alpha value is -2.48. The van der Waals surface area contributed by atoms with Crippen molar-refractivity contribution in [1.29, 1.82) is 5.26 Å². The Balaban J connectivity index is 2.82. The van der Waals surface area contributed by atoms with Crippen LogP contribution in [0.1, 0.15) is 6.92 Å². The lowest BCUT2D eigenvalue weighted by Gasteiger charge is -2.05. The first-order valence-corrected chi connectivity index (χ1v) is 4.84. The number of methoxy groups -OCH3 is 1. The highest BCUT2D eigenvalue weighted by Gasteiger charge is 2.12. The van der Waals surface area contributed by atoms with E-state index < -0.39 is 5.91 Å². The lowest BCUT2D eigenvalue weighted by atomic mass is 10.2. The van der Waals surface area contributed by atoms with Crippen molar-refractivity contribution in [2.45, 2.75) is 6.92 Å². The van der Waals surface area contributed by atoms with Crippen molar-refractivity contribution in [3.05, 3.63) is 35.6 Å². The molecule has 1 amide bonds. The lowest BCUT2D eigenvalue weighted by Crippen LogP contribution is -2.14. The number of ether oxygens (including phenoxy) is 1. The molecule has 1 rings (SSSR count). The Kier molecular flexibility index (Phi) is 4.12. The third kappa shape index (κ3) is 3.24. The number of nitrogens with zero attached hydrogens (tertiary/aromatic N) is 1. The second kappa shape index (κ2) is 5.56. The molecular weight excluding hydrogens is 220 g/mol. The normalized spacial score (nSPS) is 11.1. The average molecular weight is 232 g/mol. The summed E-state index contributed by atoms with van der Waals surface area (Å²) in [5.41, 5.74) is 0.214. The van der Waals surface area contributed by atoms with Gasteiger partial charge < -0.3 is 15.2 Å². The molecule has 88 valence electrons. The third-order valence-electron chi connectivity index (χ3n) is 2.05. The average Bonchev–Trinajstić information content (AvgIpc) is 2.30. The summed E-state index contributed by atoms with van der Waals surface area (Å²) in [6.45, 7) is 1.28. The molecule has 0 saturated carbocycles. The fourth-order valence-electron chi connectivity index (χ4n) is 1.16. The molecule has 0 spiro atoms. The Morgan fingerprint density at radius 1 is 1.41 bits per heavy atom. The van der Waals surface area contributed by atoms with E-state index in [0.717, 1.165) is 0 Å². The van der Waals surface area contributed by atoms with Crippen molar-refractivity contribution in [3.8, 4) is 11.8 Å². The number of amides is 1. The van der Waals surface area contributed by atoms with Crippen molar-refractivity contribution in [3.63, 3.8) is 0 Å². The van der Waals surface area contributed by atoms with Gasteiger partial charge in [0, 0.05) is 5.69 Å². The number of hydrogen-bond acceptors (Lipinski definition) is 4. The largest absolute Gasteiger partial charge is 0.511 e. The van der Waals surface area contributed by atoms with Gasteiger partial charge in [-0.3, -0.25) is 4.79 Å². The molecule has 0 bridgehead atoms. The second-order valence-corrected chi connectivity index (χ2v) is 3.25. The van der Waals surface area contributed by atoms with E-state index in [1.807, 2.05) is 0 Å². The summed E-state index contributed by atoms with van der Waals surface area (Å²) in [7, 11) is 1.54. The number of carbonyl (C=O) groups is 1. The molecule has 2 N–H and O–H groups in total.